The summed E-state index contributed by atoms with van der Waals surface area (Å²) in [6.45, 7) is 4.04. The molecular weight excluding hydrogens is 308 g/mol. The highest BCUT2D eigenvalue weighted by molar-refractivity contribution is 5.87. The van der Waals surface area contributed by atoms with Gasteiger partial charge in [-0.1, -0.05) is 13.8 Å². The largest absolute Gasteiger partial charge is 0.497 e. The van der Waals surface area contributed by atoms with Crippen LogP contribution in [0.1, 0.15) is 32.3 Å². The molecule has 0 saturated carbocycles. The number of likely N-dealkylation sites (N-methyl/N-ethyl adjacent to an activating group) is 1. The number of carbonyl (C=O) groups excluding carboxylic acids is 2. The molecule has 0 aliphatic carbocycles. The Balaban J connectivity index is 2.65. The zero-order valence-electron chi connectivity index (χ0n) is 15.1. The van der Waals surface area contributed by atoms with Gasteiger partial charge in [-0.25, -0.2) is 0 Å². The summed E-state index contributed by atoms with van der Waals surface area (Å²) in [5.41, 5.74) is 0.946. The van der Waals surface area contributed by atoms with Crippen LogP contribution in [0.15, 0.2) is 18.2 Å². The van der Waals surface area contributed by atoms with Crippen molar-refractivity contribution in [2.45, 2.75) is 39.2 Å². The Kier molecular flexibility index (Phi) is 8.09. The third-order valence-corrected chi connectivity index (χ3v) is 3.66. The van der Waals surface area contributed by atoms with E-state index in [-0.39, 0.29) is 11.8 Å². The summed E-state index contributed by atoms with van der Waals surface area (Å²) in [4.78, 5) is 24.0. The van der Waals surface area contributed by atoms with Gasteiger partial charge in [-0.05, 0) is 36.5 Å². The van der Waals surface area contributed by atoms with Crippen LogP contribution in [0.3, 0.4) is 0 Å². The van der Waals surface area contributed by atoms with E-state index in [0.29, 0.717) is 36.7 Å². The Morgan fingerprint density at radius 2 is 1.67 bits per heavy atom. The highest BCUT2D eigenvalue weighted by Crippen LogP contribution is 2.23. The average molecular weight is 336 g/mol. The monoisotopic (exact) mass is 336 g/mol. The van der Waals surface area contributed by atoms with Crippen molar-refractivity contribution in [2.24, 2.45) is 5.92 Å². The fraction of sp³-hybridized carbons (Fsp3) is 0.556. The maximum absolute atomic E-state index is 12.2. The van der Waals surface area contributed by atoms with Gasteiger partial charge in [0.25, 0.3) is 0 Å². The fourth-order valence-electron chi connectivity index (χ4n) is 2.41. The summed E-state index contributed by atoms with van der Waals surface area (Å²) < 4.78 is 10.4. The van der Waals surface area contributed by atoms with Crippen LogP contribution in [0, 0.1) is 5.92 Å². The molecule has 0 radical (unpaired) electrons. The van der Waals surface area contributed by atoms with Crippen molar-refractivity contribution >= 4 is 11.8 Å². The van der Waals surface area contributed by atoms with Gasteiger partial charge in [0.2, 0.25) is 11.8 Å². The zero-order valence-corrected chi connectivity index (χ0v) is 15.1. The first kappa shape index (κ1) is 19.8. The SMILES string of the molecule is CNC(=O)[C@H](CC(C)C)NC(=O)CCc1cc(OC)cc(OC)c1. The lowest BCUT2D eigenvalue weighted by molar-refractivity contribution is -0.129. The van der Waals surface area contributed by atoms with Crippen LogP contribution in [-0.2, 0) is 16.0 Å². The molecular formula is C18H28N2O4. The van der Waals surface area contributed by atoms with E-state index in [1.54, 1.807) is 27.3 Å². The lowest BCUT2D eigenvalue weighted by atomic mass is 10.0. The molecule has 24 heavy (non-hydrogen) atoms. The first-order valence-electron chi connectivity index (χ1n) is 8.12. The summed E-state index contributed by atoms with van der Waals surface area (Å²) in [6.07, 6.45) is 1.45. The number of hydrogen-bond donors (Lipinski definition) is 2. The summed E-state index contributed by atoms with van der Waals surface area (Å²) in [7, 11) is 4.75. The number of aryl methyl sites for hydroxylation is 1. The fourth-order valence-corrected chi connectivity index (χ4v) is 2.41. The Labute approximate surface area is 143 Å². The van der Waals surface area contributed by atoms with Crippen LogP contribution in [-0.4, -0.2) is 39.1 Å². The first-order chi connectivity index (χ1) is 11.4. The van der Waals surface area contributed by atoms with E-state index in [4.69, 9.17) is 9.47 Å². The minimum atomic E-state index is -0.498. The second-order valence-electron chi connectivity index (χ2n) is 6.08. The van der Waals surface area contributed by atoms with Gasteiger partial charge in [0.1, 0.15) is 17.5 Å². The molecule has 0 aromatic heterocycles. The zero-order chi connectivity index (χ0) is 18.1. The van der Waals surface area contributed by atoms with Crippen molar-refractivity contribution in [1.29, 1.82) is 0 Å². The molecule has 6 heteroatoms. The van der Waals surface area contributed by atoms with Crippen LogP contribution in [0.2, 0.25) is 0 Å². The lowest BCUT2D eigenvalue weighted by Crippen LogP contribution is -2.46. The Morgan fingerprint density at radius 3 is 2.12 bits per heavy atom. The summed E-state index contributed by atoms with van der Waals surface area (Å²) in [5, 5.41) is 5.41. The van der Waals surface area contributed by atoms with E-state index in [2.05, 4.69) is 10.6 Å². The molecule has 2 amide bonds. The van der Waals surface area contributed by atoms with Crippen molar-refractivity contribution in [1.82, 2.24) is 10.6 Å². The molecule has 0 saturated heterocycles. The Bertz CT molecular complexity index is 536. The molecule has 134 valence electrons. The Hall–Kier alpha value is -2.24. The van der Waals surface area contributed by atoms with Crippen LogP contribution in [0.5, 0.6) is 11.5 Å². The minimum Gasteiger partial charge on any atom is -0.497 e. The molecule has 0 heterocycles. The van der Waals surface area contributed by atoms with Crippen LogP contribution in [0.4, 0.5) is 0 Å². The van der Waals surface area contributed by atoms with Gasteiger partial charge in [0.05, 0.1) is 14.2 Å². The van der Waals surface area contributed by atoms with Crippen LogP contribution in [0.25, 0.3) is 0 Å². The standard InChI is InChI=1S/C18H28N2O4/c1-12(2)8-16(18(22)19-3)20-17(21)7-6-13-9-14(23-4)11-15(10-13)24-5/h9-12,16H,6-8H2,1-5H3,(H,19,22)(H,20,21)/t16-/m0/s1. The highest BCUT2D eigenvalue weighted by atomic mass is 16.5. The number of hydrogen-bond acceptors (Lipinski definition) is 4. The lowest BCUT2D eigenvalue weighted by Gasteiger charge is -2.19. The third-order valence-electron chi connectivity index (χ3n) is 3.66. The molecule has 1 aromatic carbocycles. The Morgan fingerprint density at radius 1 is 1.08 bits per heavy atom. The molecule has 0 spiro atoms. The number of methoxy groups -OCH3 is 2. The van der Waals surface area contributed by atoms with E-state index >= 15 is 0 Å². The topological polar surface area (TPSA) is 76.7 Å². The molecule has 0 aliphatic heterocycles. The minimum absolute atomic E-state index is 0.147. The third kappa shape index (κ3) is 6.48. The number of ether oxygens (including phenoxy) is 2. The van der Waals surface area contributed by atoms with E-state index in [0.717, 1.165) is 5.56 Å². The van der Waals surface area contributed by atoms with E-state index in [1.807, 2.05) is 26.0 Å². The molecule has 0 aliphatic rings. The normalized spacial score (nSPS) is 11.8. The first-order valence-corrected chi connectivity index (χ1v) is 8.12. The number of rotatable bonds is 9. The van der Waals surface area contributed by atoms with Crippen LogP contribution >= 0.6 is 0 Å². The smallest absolute Gasteiger partial charge is 0.242 e. The maximum atomic E-state index is 12.2. The highest BCUT2D eigenvalue weighted by Gasteiger charge is 2.20. The van der Waals surface area contributed by atoms with Crippen molar-refractivity contribution in [3.05, 3.63) is 23.8 Å². The molecule has 0 unspecified atom stereocenters. The molecule has 1 atom stereocenters. The molecule has 1 rings (SSSR count). The predicted octanol–water partition coefficient (Wildman–Crippen LogP) is 1.91. The number of benzene rings is 1. The summed E-state index contributed by atoms with van der Waals surface area (Å²) >= 11 is 0. The second kappa shape index (κ2) is 9.80. The molecule has 6 nitrogen and oxygen atoms in total. The van der Waals surface area contributed by atoms with Gasteiger partial charge in [0.15, 0.2) is 0 Å². The van der Waals surface area contributed by atoms with E-state index < -0.39 is 6.04 Å². The quantitative estimate of drug-likeness (QED) is 0.722. The van der Waals surface area contributed by atoms with E-state index in [9.17, 15) is 9.59 Å². The molecule has 1 aromatic rings. The average Bonchev–Trinajstić information content (AvgIpc) is 2.57. The number of amides is 2. The molecule has 0 fully saturated rings. The van der Waals surface area contributed by atoms with Gasteiger partial charge >= 0.3 is 0 Å². The van der Waals surface area contributed by atoms with Gasteiger partial charge in [0, 0.05) is 19.5 Å². The number of nitrogens with one attached hydrogen (secondary N) is 2. The van der Waals surface area contributed by atoms with Gasteiger partial charge in [-0.2, -0.15) is 0 Å². The summed E-state index contributed by atoms with van der Waals surface area (Å²) in [6, 6.07) is 5.04. The van der Waals surface area contributed by atoms with Crippen molar-refractivity contribution < 1.29 is 19.1 Å². The van der Waals surface area contributed by atoms with Gasteiger partial charge in [-0.15, -0.1) is 0 Å². The maximum Gasteiger partial charge on any atom is 0.242 e. The predicted molar refractivity (Wildman–Crippen MR) is 93.3 cm³/mol. The van der Waals surface area contributed by atoms with Gasteiger partial charge < -0.3 is 20.1 Å². The van der Waals surface area contributed by atoms with Crippen molar-refractivity contribution in [2.75, 3.05) is 21.3 Å². The summed E-state index contributed by atoms with van der Waals surface area (Å²) in [5.74, 6) is 1.38. The number of carbonyl (C=O) groups is 2. The van der Waals surface area contributed by atoms with Crippen molar-refractivity contribution in [3.63, 3.8) is 0 Å². The van der Waals surface area contributed by atoms with Crippen LogP contribution < -0.4 is 20.1 Å². The molecule has 0 bridgehead atoms. The van der Waals surface area contributed by atoms with Gasteiger partial charge in [-0.3, -0.25) is 9.59 Å². The second-order valence-corrected chi connectivity index (χ2v) is 6.08. The molecule has 2 N–H and O–H groups in total. The van der Waals surface area contributed by atoms with E-state index in [1.165, 1.54) is 0 Å². The van der Waals surface area contributed by atoms with Crippen molar-refractivity contribution in [3.8, 4) is 11.5 Å².